The molecule has 0 aromatic heterocycles. The fourth-order valence-electron chi connectivity index (χ4n) is 1.36. The van der Waals surface area contributed by atoms with Gasteiger partial charge in [0.2, 0.25) is 5.91 Å². The molecule has 1 aromatic rings. The molecule has 0 saturated carbocycles. The molecule has 4 nitrogen and oxygen atoms in total. The summed E-state index contributed by atoms with van der Waals surface area (Å²) in [6.07, 6.45) is 0. The molecule has 0 unspecified atom stereocenters. The van der Waals surface area contributed by atoms with Crippen LogP contribution < -0.4 is 5.73 Å². The normalized spacial score (nSPS) is 11.9. The van der Waals surface area contributed by atoms with Gasteiger partial charge in [-0.1, -0.05) is 12.1 Å². The second-order valence-electron chi connectivity index (χ2n) is 4.26. The predicted molar refractivity (Wildman–Crippen MR) is 74.4 cm³/mol. The lowest BCUT2D eigenvalue weighted by Gasteiger charge is -2.11. The summed E-state index contributed by atoms with van der Waals surface area (Å²) in [6.45, 7) is 1.78. The van der Waals surface area contributed by atoms with Crippen molar-refractivity contribution in [2.75, 3.05) is 14.1 Å². The van der Waals surface area contributed by atoms with E-state index in [1.54, 1.807) is 27.1 Å². The maximum atomic E-state index is 11.8. The number of carbonyl (C=O) groups excluding carboxylic acids is 2. The van der Waals surface area contributed by atoms with Gasteiger partial charge in [-0.15, -0.1) is 11.8 Å². The van der Waals surface area contributed by atoms with Gasteiger partial charge in [0, 0.05) is 25.4 Å². The summed E-state index contributed by atoms with van der Waals surface area (Å²) in [4.78, 5) is 24.3. The van der Waals surface area contributed by atoms with Crippen LogP contribution in [-0.4, -0.2) is 36.1 Å². The van der Waals surface area contributed by atoms with Gasteiger partial charge in [0.1, 0.15) is 0 Å². The Balaban J connectivity index is 2.71. The minimum atomic E-state index is -0.319. The van der Waals surface area contributed by atoms with Crippen LogP contribution in [0.4, 0.5) is 0 Å². The van der Waals surface area contributed by atoms with Crippen molar-refractivity contribution in [1.82, 2.24) is 4.90 Å². The van der Waals surface area contributed by atoms with E-state index >= 15 is 0 Å². The third kappa shape index (κ3) is 4.07. The van der Waals surface area contributed by atoms with Gasteiger partial charge < -0.3 is 10.6 Å². The first-order valence-electron chi connectivity index (χ1n) is 5.63. The standard InChI is InChI=1S/C13H18N2O2S/c1-9(12(14)16)18-8-10-5-4-6-11(7-10)13(17)15(2)3/h4-7,9H,8H2,1-3H3,(H2,14,16)/t9-/m0/s1. The molecule has 0 fully saturated rings. The molecule has 5 heteroatoms. The second-order valence-corrected chi connectivity index (χ2v) is 5.58. The van der Waals surface area contributed by atoms with E-state index in [1.807, 2.05) is 18.2 Å². The highest BCUT2D eigenvalue weighted by Gasteiger charge is 2.11. The number of thioether (sulfide) groups is 1. The molecule has 1 atom stereocenters. The quantitative estimate of drug-likeness (QED) is 0.878. The van der Waals surface area contributed by atoms with Gasteiger partial charge in [-0.3, -0.25) is 9.59 Å². The zero-order valence-corrected chi connectivity index (χ0v) is 11.7. The van der Waals surface area contributed by atoms with Gasteiger partial charge in [0.05, 0.1) is 5.25 Å². The molecule has 2 amide bonds. The summed E-state index contributed by atoms with van der Waals surface area (Å²) >= 11 is 1.47. The van der Waals surface area contributed by atoms with Gasteiger partial charge in [-0.25, -0.2) is 0 Å². The molecular formula is C13H18N2O2S. The van der Waals surface area contributed by atoms with E-state index in [2.05, 4.69) is 0 Å². The second kappa shape index (κ2) is 6.44. The smallest absolute Gasteiger partial charge is 0.253 e. The lowest BCUT2D eigenvalue weighted by molar-refractivity contribution is -0.117. The van der Waals surface area contributed by atoms with Gasteiger partial charge >= 0.3 is 0 Å². The first-order valence-corrected chi connectivity index (χ1v) is 6.68. The number of benzene rings is 1. The Morgan fingerprint density at radius 3 is 2.61 bits per heavy atom. The van der Waals surface area contributed by atoms with Gasteiger partial charge in [-0.2, -0.15) is 0 Å². The molecule has 1 rings (SSSR count). The summed E-state index contributed by atoms with van der Waals surface area (Å²) in [6, 6.07) is 7.42. The number of nitrogens with zero attached hydrogens (tertiary/aromatic N) is 1. The lowest BCUT2D eigenvalue weighted by Crippen LogP contribution is -2.23. The lowest BCUT2D eigenvalue weighted by atomic mass is 10.1. The molecule has 0 aliphatic rings. The van der Waals surface area contributed by atoms with Gasteiger partial charge in [0.15, 0.2) is 0 Å². The summed E-state index contributed by atoms with van der Waals surface area (Å²) in [5.74, 6) is 0.323. The number of hydrogen-bond donors (Lipinski definition) is 1. The van der Waals surface area contributed by atoms with Crippen molar-refractivity contribution in [1.29, 1.82) is 0 Å². The Bertz CT molecular complexity index is 446. The van der Waals surface area contributed by atoms with E-state index < -0.39 is 0 Å². The van der Waals surface area contributed by atoms with Crippen molar-refractivity contribution in [2.45, 2.75) is 17.9 Å². The molecule has 0 radical (unpaired) electrons. The molecule has 0 aliphatic carbocycles. The molecule has 0 aliphatic heterocycles. The molecule has 0 heterocycles. The third-order valence-electron chi connectivity index (χ3n) is 2.48. The molecule has 0 spiro atoms. The SMILES string of the molecule is C[C@H](SCc1cccc(C(=O)N(C)C)c1)C(N)=O. The summed E-state index contributed by atoms with van der Waals surface area (Å²) in [5.41, 5.74) is 6.87. The number of rotatable bonds is 5. The van der Waals surface area contributed by atoms with E-state index in [9.17, 15) is 9.59 Å². The number of amides is 2. The topological polar surface area (TPSA) is 63.4 Å². The van der Waals surface area contributed by atoms with Crippen LogP contribution in [0.1, 0.15) is 22.8 Å². The van der Waals surface area contributed by atoms with Crippen molar-refractivity contribution >= 4 is 23.6 Å². The Morgan fingerprint density at radius 2 is 2.06 bits per heavy atom. The van der Waals surface area contributed by atoms with Crippen LogP contribution in [0.25, 0.3) is 0 Å². The van der Waals surface area contributed by atoms with Crippen LogP contribution in [0.3, 0.4) is 0 Å². The fraction of sp³-hybridized carbons (Fsp3) is 0.385. The largest absolute Gasteiger partial charge is 0.369 e. The molecule has 98 valence electrons. The number of primary amides is 1. The zero-order chi connectivity index (χ0) is 13.7. The highest BCUT2D eigenvalue weighted by Crippen LogP contribution is 2.18. The van der Waals surface area contributed by atoms with Gasteiger partial charge in [-0.05, 0) is 24.6 Å². The van der Waals surface area contributed by atoms with Crippen molar-refractivity contribution in [3.63, 3.8) is 0 Å². The predicted octanol–water partition coefficient (Wildman–Crippen LogP) is 1.50. The fourth-order valence-corrected chi connectivity index (χ4v) is 2.14. The van der Waals surface area contributed by atoms with E-state index in [0.717, 1.165) is 5.56 Å². The van der Waals surface area contributed by atoms with Crippen molar-refractivity contribution in [2.24, 2.45) is 5.73 Å². The first kappa shape index (κ1) is 14.6. The first-order chi connectivity index (χ1) is 8.41. The maximum absolute atomic E-state index is 11.8. The number of hydrogen-bond acceptors (Lipinski definition) is 3. The van der Waals surface area contributed by atoms with Crippen LogP contribution in [-0.2, 0) is 10.5 Å². The number of nitrogens with two attached hydrogens (primary N) is 1. The van der Waals surface area contributed by atoms with Crippen molar-refractivity contribution in [3.8, 4) is 0 Å². The highest BCUT2D eigenvalue weighted by atomic mass is 32.2. The molecular weight excluding hydrogens is 248 g/mol. The third-order valence-corrected chi connectivity index (χ3v) is 3.71. The number of carbonyl (C=O) groups is 2. The van der Waals surface area contributed by atoms with E-state index in [0.29, 0.717) is 11.3 Å². The minimum Gasteiger partial charge on any atom is -0.369 e. The molecule has 1 aromatic carbocycles. The summed E-state index contributed by atoms with van der Waals surface area (Å²) < 4.78 is 0. The van der Waals surface area contributed by atoms with Crippen LogP contribution in [0, 0.1) is 0 Å². The summed E-state index contributed by atoms with van der Waals surface area (Å²) in [7, 11) is 3.44. The van der Waals surface area contributed by atoms with Crippen LogP contribution in [0.15, 0.2) is 24.3 Å². The van der Waals surface area contributed by atoms with E-state index in [1.165, 1.54) is 16.7 Å². The maximum Gasteiger partial charge on any atom is 0.253 e. The van der Waals surface area contributed by atoms with Crippen molar-refractivity contribution < 1.29 is 9.59 Å². The average molecular weight is 266 g/mol. The van der Waals surface area contributed by atoms with Crippen LogP contribution >= 0.6 is 11.8 Å². The molecule has 2 N–H and O–H groups in total. The molecule has 0 saturated heterocycles. The monoisotopic (exact) mass is 266 g/mol. The Morgan fingerprint density at radius 1 is 1.39 bits per heavy atom. The Hall–Kier alpha value is -1.49. The van der Waals surface area contributed by atoms with E-state index in [-0.39, 0.29) is 17.1 Å². The minimum absolute atomic E-state index is 0.0233. The van der Waals surface area contributed by atoms with Crippen LogP contribution in [0.2, 0.25) is 0 Å². The average Bonchev–Trinajstić information content (AvgIpc) is 2.35. The summed E-state index contributed by atoms with van der Waals surface area (Å²) in [5, 5.41) is -0.224. The molecule has 18 heavy (non-hydrogen) atoms. The van der Waals surface area contributed by atoms with Crippen LogP contribution in [0.5, 0.6) is 0 Å². The highest BCUT2D eigenvalue weighted by molar-refractivity contribution is 7.99. The zero-order valence-electron chi connectivity index (χ0n) is 10.8. The molecule has 0 bridgehead atoms. The van der Waals surface area contributed by atoms with Gasteiger partial charge in [0.25, 0.3) is 5.91 Å². The Kier molecular flexibility index (Phi) is 5.22. The Labute approximate surface area is 112 Å². The van der Waals surface area contributed by atoms with Crippen molar-refractivity contribution in [3.05, 3.63) is 35.4 Å². The van der Waals surface area contributed by atoms with E-state index in [4.69, 9.17) is 5.73 Å².